The number of unbranched alkanes of at least 4 members (excludes halogenated alkanes) is 17. The van der Waals surface area contributed by atoms with Crippen LogP contribution in [-0.4, -0.2) is 35.6 Å². The summed E-state index contributed by atoms with van der Waals surface area (Å²) in [7, 11) is 0. The second kappa shape index (κ2) is 41.6. The molecule has 1 atom stereocenters. The number of ether oxygens (including phenoxy) is 1. The van der Waals surface area contributed by atoms with E-state index in [1.54, 1.807) is 0 Å². The molecule has 0 aromatic heterocycles. The number of carbonyl (C=O) groups is 3. The number of hydrogen-bond donors (Lipinski definition) is 2. The van der Waals surface area contributed by atoms with Crippen LogP contribution in [0.5, 0.6) is 0 Å². The molecule has 0 aromatic carbocycles. The van der Waals surface area contributed by atoms with Crippen LogP contribution in [0.4, 0.5) is 0 Å². The fourth-order valence-electron chi connectivity index (χ4n) is 5.92. The highest BCUT2D eigenvalue weighted by Crippen LogP contribution is 2.15. The molecular weight excluding hydrogens is 659 g/mol. The van der Waals surface area contributed by atoms with Gasteiger partial charge in [-0.1, -0.05) is 164 Å². The molecule has 0 rings (SSSR count). The maximum absolute atomic E-state index is 12.7. The molecule has 0 aliphatic heterocycles. The summed E-state index contributed by atoms with van der Waals surface area (Å²) in [6.45, 7) is 4.08. The SMILES string of the molecule is CC/C=C\C/C=C\C/C=C\C/C=C\CCCCCCCCCCC(=O)OC(/C=C\C/C=C\CCCCCC)CCCCCCCCC(=O)NCC(=O)O. The van der Waals surface area contributed by atoms with Gasteiger partial charge in [-0.25, -0.2) is 0 Å². The lowest BCUT2D eigenvalue weighted by atomic mass is 10.0. The van der Waals surface area contributed by atoms with E-state index in [9.17, 15) is 14.4 Å². The number of aliphatic carboxylic acids is 1. The summed E-state index contributed by atoms with van der Waals surface area (Å²) in [4.78, 5) is 34.9. The minimum Gasteiger partial charge on any atom is -0.480 e. The van der Waals surface area contributed by atoms with Crippen LogP contribution in [0.15, 0.2) is 72.9 Å². The van der Waals surface area contributed by atoms with Gasteiger partial charge < -0.3 is 15.2 Å². The summed E-state index contributed by atoms with van der Waals surface area (Å²) in [6.07, 6.45) is 56.2. The van der Waals surface area contributed by atoms with Crippen molar-refractivity contribution in [2.24, 2.45) is 0 Å². The number of rotatable bonds is 38. The van der Waals surface area contributed by atoms with Crippen LogP contribution in [0.2, 0.25) is 0 Å². The number of esters is 1. The van der Waals surface area contributed by atoms with E-state index in [2.05, 4.69) is 92.1 Å². The summed E-state index contributed by atoms with van der Waals surface area (Å²) in [5, 5.41) is 11.1. The van der Waals surface area contributed by atoms with E-state index in [0.29, 0.717) is 12.8 Å². The Hall–Kier alpha value is -3.15. The summed E-state index contributed by atoms with van der Waals surface area (Å²) >= 11 is 0. The Bertz CT molecular complexity index is 1040. The third kappa shape index (κ3) is 41.5. The van der Waals surface area contributed by atoms with Gasteiger partial charge in [-0.3, -0.25) is 14.4 Å². The van der Waals surface area contributed by atoms with E-state index in [4.69, 9.17) is 9.84 Å². The Balaban J connectivity index is 4.14. The molecule has 0 aliphatic rings. The first kappa shape index (κ1) is 49.9. The monoisotopic (exact) mass is 738 g/mol. The average Bonchev–Trinajstić information content (AvgIpc) is 3.14. The molecule has 6 heteroatoms. The van der Waals surface area contributed by atoms with Gasteiger partial charge in [0.15, 0.2) is 0 Å². The molecule has 302 valence electrons. The zero-order chi connectivity index (χ0) is 38.7. The number of nitrogens with one attached hydrogen (secondary N) is 1. The van der Waals surface area contributed by atoms with Crippen molar-refractivity contribution in [2.75, 3.05) is 6.54 Å². The molecular formula is C47H79NO5. The number of amides is 1. The summed E-state index contributed by atoms with van der Waals surface area (Å²) in [5.41, 5.74) is 0. The van der Waals surface area contributed by atoms with Crippen LogP contribution in [0.25, 0.3) is 0 Å². The number of hydrogen-bond acceptors (Lipinski definition) is 4. The fourth-order valence-corrected chi connectivity index (χ4v) is 5.92. The standard InChI is InChI=1S/C47H79NO5/c1-3-5-7-9-11-13-14-15-16-17-18-19-20-21-22-23-24-26-28-34-38-42-47(52)53-44(39-35-31-27-25-12-10-8-6-4-2)40-36-32-29-30-33-37-41-45(49)48-43-46(50)51/h5,7,11,13,15-16,18-19,25,27,35,39,44H,3-4,6,8-10,12,14,17,20-24,26,28-34,36-38,40-43H2,1-2H3,(H,48,49)(H,50,51)/b7-5-,13-11-,16-15-,19-18-,27-25-,39-35-. The van der Waals surface area contributed by atoms with E-state index in [1.807, 2.05) is 0 Å². The highest BCUT2D eigenvalue weighted by molar-refractivity contribution is 5.80. The maximum Gasteiger partial charge on any atom is 0.322 e. The van der Waals surface area contributed by atoms with E-state index in [0.717, 1.165) is 96.3 Å². The summed E-state index contributed by atoms with van der Waals surface area (Å²) < 4.78 is 5.93. The normalized spacial score (nSPS) is 12.8. The van der Waals surface area contributed by atoms with Crippen LogP contribution in [-0.2, 0) is 19.1 Å². The van der Waals surface area contributed by atoms with Crippen molar-refractivity contribution < 1.29 is 24.2 Å². The van der Waals surface area contributed by atoms with Gasteiger partial charge in [0, 0.05) is 12.8 Å². The van der Waals surface area contributed by atoms with Gasteiger partial charge in [-0.15, -0.1) is 0 Å². The second-order valence-electron chi connectivity index (χ2n) is 14.2. The minimum absolute atomic E-state index is 0.0804. The molecule has 6 nitrogen and oxygen atoms in total. The van der Waals surface area contributed by atoms with Crippen LogP contribution in [0.3, 0.4) is 0 Å². The van der Waals surface area contributed by atoms with Crippen molar-refractivity contribution in [1.82, 2.24) is 5.32 Å². The molecule has 0 fully saturated rings. The quantitative estimate of drug-likeness (QED) is 0.0374. The van der Waals surface area contributed by atoms with E-state index in [-0.39, 0.29) is 24.5 Å². The van der Waals surface area contributed by atoms with Gasteiger partial charge in [-0.2, -0.15) is 0 Å². The molecule has 0 bridgehead atoms. The first-order valence-corrected chi connectivity index (χ1v) is 21.6. The molecule has 2 N–H and O–H groups in total. The van der Waals surface area contributed by atoms with Crippen molar-refractivity contribution in [3.05, 3.63) is 72.9 Å². The Morgan fingerprint density at radius 3 is 1.53 bits per heavy atom. The first-order chi connectivity index (χ1) is 26.0. The molecule has 0 saturated heterocycles. The van der Waals surface area contributed by atoms with Crippen molar-refractivity contribution in [1.29, 1.82) is 0 Å². The Morgan fingerprint density at radius 2 is 0.981 bits per heavy atom. The van der Waals surface area contributed by atoms with Gasteiger partial charge in [0.2, 0.25) is 5.91 Å². The molecule has 0 aliphatic carbocycles. The Morgan fingerprint density at radius 1 is 0.528 bits per heavy atom. The van der Waals surface area contributed by atoms with Crippen molar-refractivity contribution in [2.45, 2.75) is 200 Å². The second-order valence-corrected chi connectivity index (χ2v) is 14.2. The highest BCUT2D eigenvalue weighted by Gasteiger charge is 2.11. The van der Waals surface area contributed by atoms with Crippen molar-refractivity contribution in [3.8, 4) is 0 Å². The molecule has 1 amide bonds. The largest absolute Gasteiger partial charge is 0.480 e. The molecule has 0 heterocycles. The topological polar surface area (TPSA) is 92.7 Å². The van der Waals surface area contributed by atoms with Crippen LogP contribution < -0.4 is 5.32 Å². The number of carboxylic acids is 1. The van der Waals surface area contributed by atoms with Gasteiger partial charge in [0.25, 0.3) is 0 Å². The fraction of sp³-hybridized carbons (Fsp3) is 0.681. The van der Waals surface area contributed by atoms with Gasteiger partial charge in [0.1, 0.15) is 12.6 Å². The third-order valence-corrected chi connectivity index (χ3v) is 9.10. The van der Waals surface area contributed by atoms with E-state index < -0.39 is 5.97 Å². The summed E-state index contributed by atoms with van der Waals surface area (Å²) in [5.74, 6) is -1.30. The highest BCUT2D eigenvalue weighted by atomic mass is 16.5. The third-order valence-electron chi connectivity index (χ3n) is 9.10. The maximum atomic E-state index is 12.7. The predicted octanol–water partition coefficient (Wildman–Crippen LogP) is 13.4. The number of carboxylic acid groups (broad SMARTS) is 1. The van der Waals surface area contributed by atoms with Crippen LogP contribution in [0, 0.1) is 0 Å². The first-order valence-electron chi connectivity index (χ1n) is 21.6. The number of carbonyl (C=O) groups excluding carboxylic acids is 2. The predicted molar refractivity (Wildman–Crippen MR) is 226 cm³/mol. The molecule has 1 unspecified atom stereocenters. The average molecular weight is 738 g/mol. The molecule has 0 radical (unpaired) electrons. The summed E-state index contributed by atoms with van der Waals surface area (Å²) in [6, 6.07) is 0. The molecule has 0 saturated carbocycles. The lowest BCUT2D eigenvalue weighted by Crippen LogP contribution is -2.28. The smallest absolute Gasteiger partial charge is 0.322 e. The van der Waals surface area contributed by atoms with Gasteiger partial charge >= 0.3 is 11.9 Å². The zero-order valence-electron chi connectivity index (χ0n) is 34.1. The van der Waals surface area contributed by atoms with Gasteiger partial charge in [0.05, 0.1) is 0 Å². The number of allylic oxidation sites excluding steroid dienone is 11. The Kier molecular flexibility index (Phi) is 39.1. The molecule has 0 aromatic rings. The van der Waals surface area contributed by atoms with Crippen LogP contribution in [0.1, 0.15) is 194 Å². The van der Waals surface area contributed by atoms with Crippen molar-refractivity contribution in [3.63, 3.8) is 0 Å². The Labute approximate surface area is 325 Å². The minimum atomic E-state index is -1.02. The van der Waals surface area contributed by atoms with Gasteiger partial charge in [-0.05, 0) is 89.5 Å². The lowest BCUT2D eigenvalue weighted by Gasteiger charge is -2.14. The zero-order valence-corrected chi connectivity index (χ0v) is 34.1. The molecule has 53 heavy (non-hydrogen) atoms. The van der Waals surface area contributed by atoms with E-state index >= 15 is 0 Å². The lowest BCUT2D eigenvalue weighted by molar-refractivity contribution is -0.147. The van der Waals surface area contributed by atoms with Crippen molar-refractivity contribution >= 4 is 17.8 Å². The molecule has 0 spiro atoms. The van der Waals surface area contributed by atoms with E-state index in [1.165, 1.54) is 70.6 Å². The van der Waals surface area contributed by atoms with Crippen LogP contribution >= 0.6 is 0 Å².